The molecule has 0 aromatic heterocycles. The van der Waals surface area contributed by atoms with E-state index in [0.717, 1.165) is 5.56 Å². The van der Waals surface area contributed by atoms with Crippen LogP contribution in [0.1, 0.15) is 38.2 Å². The number of carbonyl (C=O) groups excluding carboxylic acids is 4. The van der Waals surface area contributed by atoms with Gasteiger partial charge in [0, 0.05) is 0 Å². The molecule has 1 rings (SSSR count). The zero-order chi connectivity index (χ0) is 27.3. The molecule has 13 nitrogen and oxygen atoms in total. The number of benzene rings is 1. The second kappa shape index (κ2) is 15.4. The van der Waals surface area contributed by atoms with E-state index < -0.39 is 66.3 Å². The molecule has 0 aliphatic carbocycles. The molecule has 1 aromatic carbocycles. The molecule has 5 atom stereocenters. The molecule has 0 fully saturated rings. The first-order valence-electron chi connectivity index (χ1n) is 11.6. The van der Waals surface area contributed by atoms with E-state index in [1.807, 2.05) is 6.07 Å². The van der Waals surface area contributed by atoms with Crippen molar-refractivity contribution in [2.45, 2.75) is 69.3 Å². The van der Waals surface area contributed by atoms with Gasteiger partial charge < -0.3 is 43.4 Å². The summed E-state index contributed by atoms with van der Waals surface area (Å²) in [4.78, 5) is 60.8. The smallest absolute Gasteiger partial charge is 0.326 e. The minimum absolute atomic E-state index is 0.0890. The van der Waals surface area contributed by atoms with Gasteiger partial charge in [0.2, 0.25) is 23.6 Å². The highest BCUT2D eigenvalue weighted by atomic mass is 16.4. The summed E-state index contributed by atoms with van der Waals surface area (Å²) in [5.74, 6) is -4.84. The molecule has 4 amide bonds. The highest BCUT2D eigenvalue weighted by Gasteiger charge is 2.32. The van der Waals surface area contributed by atoms with Gasteiger partial charge in [-0.25, -0.2) is 4.79 Å². The van der Waals surface area contributed by atoms with Gasteiger partial charge in [0.1, 0.15) is 18.1 Å². The van der Waals surface area contributed by atoms with E-state index >= 15 is 0 Å². The molecule has 0 heterocycles. The van der Waals surface area contributed by atoms with Crippen molar-refractivity contribution in [1.82, 2.24) is 16.0 Å². The van der Waals surface area contributed by atoms with Crippen LogP contribution in [0.3, 0.4) is 0 Å². The maximum atomic E-state index is 12.9. The Balaban J connectivity index is 2.93. The summed E-state index contributed by atoms with van der Waals surface area (Å²) in [6, 6.07) is 3.72. The van der Waals surface area contributed by atoms with Crippen LogP contribution in [0.2, 0.25) is 0 Å². The van der Waals surface area contributed by atoms with E-state index in [9.17, 15) is 34.2 Å². The Morgan fingerprint density at radius 2 is 1.53 bits per heavy atom. The van der Waals surface area contributed by atoms with Gasteiger partial charge in [0.15, 0.2) is 0 Å². The molecule has 0 saturated heterocycles. The molecule has 0 spiro atoms. The number of nitrogens with two attached hydrogens (primary N) is 3. The van der Waals surface area contributed by atoms with Gasteiger partial charge in [-0.1, -0.05) is 30.3 Å². The third kappa shape index (κ3) is 10.8. The van der Waals surface area contributed by atoms with Gasteiger partial charge in [-0.15, -0.1) is 0 Å². The molecule has 1 aromatic rings. The number of rotatable bonds is 16. The maximum Gasteiger partial charge on any atom is 0.326 e. The molecule has 13 heteroatoms. The highest BCUT2D eigenvalue weighted by Crippen LogP contribution is 2.06. The molecule has 0 aliphatic heterocycles. The number of aliphatic carboxylic acids is 1. The molecule has 0 bridgehead atoms. The summed E-state index contributed by atoms with van der Waals surface area (Å²) >= 11 is 0. The molecule has 11 N–H and O–H groups in total. The third-order valence-electron chi connectivity index (χ3n) is 5.30. The summed E-state index contributed by atoms with van der Waals surface area (Å²) in [6.45, 7) is 1.61. The molecular weight excluding hydrogens is 472 g/mol. The number of carbonyl (C=O) groups is 5. The first-order chi connectivity index (χ1) is 17.0. The van der Waals surface area contributed by atoms with E-state index in [1.54, 1.807) is 24.3 Å². The van der Waals surface area contributed by atoms with E-state index in [2.05, 4.69) is 16.0 Å². The number of hydrogen-bond acceptors (Lipinski definition) is 8. The lowest BCUT2D eigenvalue weighted by molar-refractivity contribution is -0.144. The number of aliphatic hydroxyl groups is 1. The largest absolute Gasteiger partial charge is 0.480 e. The van der Waals surface area contributed by atoms with Crippen LogP contribution in [0.5, 0.6) is 0 Å². The Bertz CT molecular complexity index is 896. The van der Waals surface area contributed by atoms with Gasteiger partial charge in [-0.3, -0.25) is 19.2 Å². The highest BCUT2D eigenvalue weighted by molar-refractivity contribution is 5.95. The average Bonchev–Trinajstić information content (AvgIpc) is 2.81. The second-order valence-corrected chi connectivity index (χ2v) is 8.44. The second-order valence-electron chi connectivity index (χ2n) is 8.44. The zero-order valence-corrected chi connectivity index (χ0v) is 20.2. The lowest BCUT2D eigenvalue weighted by Gasteiger charge is -2.26. The van der Waals surface area contributed by atoms with Crippen LogP contribution in [0, 0.1) is 0 Å². The van der Waals surface area contributed by atoms with Crippen LogP contribution >= 0.6 is 0 Å². The van der Waals surface area contributed by atoms with Crippen LogP contribution in [-0.4, -0.2) is 76.6 Å². The number of aliphatic hydroxyl groups excluding tert-OH is 1. The average molecular weight is 509 g/mol. The van der Waals surface area contributed by atoms with E-state index in [-0.39, 0.29) is 12.8 Å². The van der Waals surface area contributed by atoms with Crippen LogP contribution in [0.15, 0.2) is 30.3 Å². The summed E-state index contributed by atoms with van der Waals surface area (Å²) in [6.07, 6.45) is -0.764. The lowest BCUT2D eigenvalue weighted by atomic mass is 10.0. The Kier molecular flexibility index (Phi) is 13.1. The Labute approximate surface area is 209 Å². The number of amides is 4. The van der Waals surface area contributed by atoms with Crippen molar-refractivity contribution >= 4 is 29.6 Å². The fourth-order valence-electron chi connectivity index (χ4n) is 3.32. The Morgan fingerprint density at radius 3 is 2.06 bits per heavy atom. The maximum absolute atomic E-state index is 12.9. The third-order valence-corrected chi connectivity index (χ3v) is 5.30. The van der Waals surface area contributed by atoms with Crippen LogP contribution in [0.25, 0.3) is 0 Å². The van der Waals surface area contributed by atoms with Crippen LogP contribution < -0.4 is 33.2 Å². The predicted molar refractivity (Wildman–Crippen MR) is 130 cm³/mol. The SMILES string of the molecule is CC(O)C(NC(=O)C(N)Cc1ccccc1)C(=O)NC(CCCCN)C(=O)NC(CC(N)=O)C(=O)O. The number of hydrogen-bond donors (Lipinski definition) is 8. The van der Waals surface area contributed by atoms with Gasteiger partial charge in [0.25, 0.3) is 0 Å². The van der Waals surface area contributed by atoms with Crippen molar-refractivity contribution < 1.29 is 34.2 Å². The standard InChI is InChI=1S/C23H36N6O7/c1-13(30)19(29-20(32)15(25)11-14-7-3-2-4-8-14)22(34)27-16(9-5-6-10-24)21(33)28-17(23(35)36)12-18(26)31/h2-4,7-8,13,15-17,19,30H,5-6,9-12,24-25H2,1H3,(H2,26,31)(H,27,34)(H,28,33)(H,29,32)(H,35,36). The fourth-order valence-corrected chi connectivity index (χ4v) is 3.32. The zero-order valence-electron chi connectivity index (χ0n) is 20.2. The number of carboxylic acid groups (broad SMARTS) is 1. The molecule has 0 aliphatic rings. The van der Waals surface area contributed by atoms with Crippen molar-refractivity contribution in [2.75, 3.05) is 6.54 Å². The predicted octanol–water partition coefficient (Wildman–Crippen LogP) is -2.52. The summed E-state index contributed by atoms with van der Waals surface area (Å²) in [5.41, 5.74) is 17.3. The van der Waals surface area contributed by atoms with Crippen molar-refractivity contribution in [2.24, 2.45) is 17.2 Å². The van der Waals surface area contributed by atoms with Crippen molar-refractivity contribution in [3.05, 3.63) is 35.9 Å². The van der Waals surface area contributed by atoms with Gasteiger partial charge >= 0.3 is 5.97 Å². The normalized spacial score (nSPS) is 15.0. The number of nitrogens with one attached hydrogen (secondary N) is 3. The van der Waals surface area contributed by atoms with E-state index in [0.29, 0.717) is 19.4 Å². The number of carboxylic acids is 1. The fraction of sp³-hybridized carbons (Fsp3) is 0.522. The van der Waals surface area contributed by atoms with Crippen LogP contribution in [-0.2, 0) is 30.4 Å². The van der Waals surface area contributed by atoms with Crippen molar-refractivity contribution in [3.8, 4) is 0 Å². The topological polar surface area (TPSA) is 240 Å². The molecular formula is C23H36N6O7. The van der Waals surface area contributed by atoms with Crippen LogP contribution in [0.4, 0.5) is 0 Å². The van der Waals surface area contributed by atoms with Gasteiger partial charge in [0.05, 0.1) is 18.6 Å². The Morgan fingerprint density at radius 1 is 0.917 bits per heavy atom. The number of primary amides is 1. The molecule has 0 radical (unpaired) electrons. The van der Waals surface area contributed by atoms with Gasteiger partial charge in [-0.05, 0) is 44.7 Å². The number of unbranched alkanes of at least 4 members (excludes halogenated alkanes) is 1. The van der Waals surface area contributed by atoms with Crippen molar-refractivity contribution in [1.29, 1.82) is 0 Å². The Hall–Kier alpha value is -3.55. The summed E-state index contributed by atoms with van der Waals surface area (Å²) < 4.78 is 0. The summed E-state index contributed by atoms with van der Waals surface area (Å²) in [7, 11) is 0. The molecule has 36 heavy (non-hydrogen) atoms. The lowest BCUT2D eigenvalue weighted by Crippen LogP contribution is -2.60. The first-order valence-corrected chi connectivity index (χ1v) is 11.6. The van der Waals surface area contributed by atoms with E-state index in [1.165, 1.54) is 6.92 Å². The molecule has 0 saturated carbocycles. The van der Waals surface area contributed by atoms with Gasteiger partial charge in [-0.2, -0.15) is 0 Å². The molecule has 200 valence electrons. The molecule has 5 unspecified atom stereocenters. The van der Waals surface area contributed by atoms with Crippen molar-refractivity contribution in [3.63, 3.8) is 0 Å². The monoisotopic (exact) mass is 508 g/mol. The quantitative estimate of drug-likeness (QED) is 0.110. The van der Waals surface area contributed by atoms with E-state index in [4.69, 9.17) is 17.2 Å². The minimum Gasteiger partial charge on any atom is -0.480 e. The first kappa shape index (κ1) is 30.5. The minimum atomic E-state index is -1.59. The summed E-state index contributed by atoms with van der Waals surface area (Å²) in [5, 5.41) is 26.4.